The van der Waals surface area contributed by atoms with Crippen LogP contribution in [-0.2, 0) is 24.1 Å². The van der Waals surface area contributed by atoms with E-state index in [2.05, 4.69) is 42.5 Å². The molecule has 37 heavy (non-hydrogen) atoms. The monoisotopic (exact) mass is 502 g/mol. The molecule has 3 rings (SSSR count). The van der Waals surface area contributed by atoms with Crippen molar-refractivity contribution in [3.63, 3.8) is 0 Å². The van der Waals surface area contributed by atoms with Gasteiger partial charge in [0.15, 0.2) is 11.5 Å². The van der Waals surface area contributed by atoms with Gasteiger partial charge in [-0.1, -0.05) is 92.4 Å². The van der Waals surface area contributed by atoms with Crippen molar-refractivity contribution in [1.82, 2.24) is 0 Å². The van der Waals surface area contributed by atoms with Crippen LogP contribution >= 0.6 is 0 Å². The number of carbonyl (C=O) groups excluding carboxylic acids is 1. The van der Waals surface area contributed by atoms with E-state index in [1.165, 1.54) is 30.4 Å². The van der Waals surface area contributed by atoms with Crippen molar-refractivity contribution in [2.45, 2.75) is 76.7 Å². The second-order valence-corrected chi connectivity index (χ2v) is 9.76. The number of aliphatic hydroxyl groups is 1. The van der Waals surface area contributed by atoms with E-state index in [0.29, 0.717) is 37.4 Å². The summed E-state index contributed by atoms with van der Waals surface area (Å²) in [6, 6.07) is 26.7. The highest BCUT2D eigenvalue weighted by atomic mass is 16.5. The fourth-order valence-electron chi connectivity index (χ4n) is 4.55. The van der Waals surface area contributed by atoms with E-state index in [1.54, 1.807) is 7.11 Å². The van der Waals surface area contributed by atoms with Crippen molar-refractivity contribution in [2.75, 3.05) is 13.7 Å². The fraction of sp³-hybridized carbons (Fsp3) is 0.424. The van der Waals surface area contributed by atoms with Gasteiger partial charge >= 0.3 is 0 Å². The standard InChI is InChI=1S/C33H42O4/c1-36-32-22-20-29(25-33(32)37-24-23-28-16-10-6-11-17-28)19-21-31(35)26-30(34)18-12-4-2-3-7-13-27-14-8-5-9-15-27/h5-6,8-11,14-17,20,22,25,30,34H,2-4,7,12-13,18-19,21,23-24,26H2,1H3/t30-/m0/s1. The molecule has 0 aliphatic rings. The molecule has 0 spiro atoms. The first-order chi connectivity index (χ1) is 18.1. The lowest BCUT2D eigenvalue weighted by Gasteiger charge is -2.13. The summed E-state index contributed by atoms with van der Waals surface area (Å²) in [6.45, 7) is 0.558. The van der Waals surface area contributed by atoms with Crippen molar-refractivity contribution in [3.05, 3.63) is 95.6 Å². The molecule has 4 heteroatoms. The van der Waals surface area contributed by atoms with Gasteiger partial charge in [0, 0.05) is 19.3 Å². The number of ether oxygens (including phenoxy) is 2. The number of carbonyl (C=O) groups is 1. The molecule has 0 radical (unpaired) electrons. The maximum atomic E-state index is 12.5. The molecule has 0 aromatic heterocycles. The third-order valence-electron chi connectivity index (χ3n) is 6.72. The van der Waals surface area contributed by atoms with Gasteiger partial charge in [-0.05, 0) is 54.5 Å². The topological polar surface area (TPSA) is 55.8 Å². The molecule has 4 nitrogen and oxygen atoms in total. The van der Waals surface area contributed by atoms with Crippen molar-refractivity contribution >= 4 is 5.78 Å². The normalized spacial score (nSPS) is 11.7. The van der Waals surface area contributed by atoms with Gasteiger partial charge in [-0.2, -0.15) is 0 Å². The van der Waals surface area contributed by atoms with E-state index in [4.69, 9.17) is 9.47 Å². The van der Waals surface area contributed by atoms with Crippen LogP contribution in [-0.4, -0.2) is 30.7 Å². The molecular formula is C33H42O4. The molecule has 3 aromatic carbocycles. The quantitative estimate of drug-likeness (QED) is 0.188. The highest BCUT2D eigenvalue weighted by Gasteiger charge is 2.12. The van der Waals surface area contributed by atoms with Gasteiger partial charge in [-0.15, -0.1) is 0 Å². The van der Waals surface area contributed by atoms with Crippen LogP contribution in [0.15, 0.2) is 78.9 Å². The highest BCUT2D eigenvalue weighted by Crippen LogP contribution is 2.29. The summed E-state index contributed by atoms with van der Waals surface area (Å²) in [5, 5.41) is 10.3. The molecule has 198 valence electrons. The van der Waals surface area contributed by atoms with E-state index in [0.717, 1.165) is 31.2 Å². The summed E-state index contributed by atoms with van der Waals surface area (Å²) in [5.74, 6) is 1.50. The summed E-state index contributed by atoms with van der Waals surface area (Å²) in [4.78, 5) is 12.5. The predicted octanol–water partition coefficient (Wildman–Crippen LogP) is 7.15. The number of ketones is 1. The lowest BCUT2D eigenvalue weighted by atomic mass is 10.00. The van der Waals surface area contributed by atoms with Crippen LogP contribution in [0.25, 0.3) is 0 Å². The molecule has 1 atom stereocenters. The van der Waals surface area contributed by atoms with Crippen molar-refractivity contribution in [3.8, 4) is 11.5 Å². The second-order valence-electron chi connectivity index (χ2n) is 9.76. The third-order valence-corrected chi connectivity index (χ3v) is 6.72. The van der Waals surface area contributed by atoms with Crippen LogP contribution in [0.2, 0.25) is 0 Å². The van der Waals surface area contributed by atoms with Gasteiger partial charge in [0.1, 0.15) is 5.78 Å². The average Bonchev–Trinajstić information content (AvgIpc) is 2.92. The molecule has 0 saturated heterocycles. The average molecular weight is 503 g/mol. The first-order valence-corrected chi connectivity index (χ1v) is 13.7. The maximum absolute atomic E-state index is 12.5. The maximum Gasteiger partial charge on any atom is 0.161 e. The Hall–Kier alpha value is -3.11. The van der Waals surface area contributed by atoms with Gasteiger partial charge in [0.2, 0.25) is 0 Å². The van der Waals surface area contributed by atoms with Gasteiger partial charge in [-0.3, -0.25) is 4.79 Å². The molecule has 1 N–H and O–H groups in total. The van der Waals surface area contributed by atoms with E-state index >= 15 is 0 Å². The van der Waals surface area contributed by atoms with Crippen LogP contribution in [0.4, 0.5) is 0 Å². The lowest BCUT2D eigenvalue weighted by molar-refractivity contribution is -0.121. The number of rotatable bonds is 18. The van der Waals surface area contributed by atoms with Crippen LogP contribution in [0, 0.1) is 0 Å². The zero-order chi connectivity index (χ0) is 26.1. The fourth-order valence-corrected chi connectivity index (χ4v) is 4.55. The minimum atomic E-state index is -0.537. The Morgan fingerprint density at radius 1 is 0.730 bits per heavy atom. The Bertz CT molecular complexity index is 1030. The van der Waals surface area contributed by atoms with Crippen molar-refractivity contribution in [1.29, 1.82) is 0 Å². The predicted molar refractivity (Wildman–Crippen MR) is 150 cm³/mol. The molecule has 0 saturated carbocycles. The largest absolute Gasteiger partial charge is 0.493 e. The third kappa shape index (κ3) is 11.2. The summed E-state index contributed by atoms with van der Waals surface area (Å²) < 4.78 is 11.4. The number of hydrogen-bond acceptors (Lipinski definition) is 4. The van der Waals surface area contributed by atoms with Crippen LogP contribution in [0.5, 0.6) is 11.5 Å². The summed E-state index contributed by atoms with van der Waals surface area (Å²) >= 11 is 0. The summed E-state index contributed by atoms with van der Waals surface area (Å²) in [7, 11) is 1.63. The molecule has 0 heterocycles. The minimum Gasteiger partial charge on any atom is -0.493 e. The molecule has 0 aliphatic heterocycles. The molecule has 0 aliphatic carbocycles. The smallest absolute Gasteiger partial charge is 0.161 e. The molecule has 0 amide bonds. The molecule has 0 fully saturated rings. The summed E-state index contributed by atoms with van der Waals surface area (Å²) in [6.07, 6.45) is 9.09. The number of benzene rings is 3. The number of aryl methyl sites for hydroxylation is 2. The molecule has 3 aromatic rings. The number of Topliss-reactive ketones (excluding diaryl/α,β-unsaturated/α-hetero) is 1. The minimum absolute atomic E-state index is 0.109. The Balaban J connectivity index is 1.29. The van der Waals surface area contributed by atoms with E-state index < -0.39 is 6.10 Å². The second kappa shape index (κ2) is 16.6. The highest BCUT2D eigenvalue weighted by molar-refractivity contribution is 5.79. The Morgan fingerprint density at radius 2 is 1.38 bits per heavy atom. The van der Waals surface area contributed by atoms with E-state index in [1.807, 2.05) is 36.4 Å². The van der Waals surface area contributed by atoms with Crippen LogP contribution < -0.4 is 9.47 Å². The zero-order valence-electron chi connectivity index (χ0n) is 22.2. The first kappa shape index (κ1) is 28.5. The van der Waals surface area contributed by atoms with Crippen molar-refractivity contribution < 1.29 is 19.4 Å². The molecule has 0 bridgehead atoms. The number of hydrogen-bond donors (Lipinski definition) is 1. The number of unbranched alkanes of at least 4 members (excludes halogenated alkanes) is 4. The number of methoxy groups -OCH3 is 1. The van der Waals surface area contributed by atoms with Gasteiger partial charge in [0.25, 0.3) is 0 Å². The molecule has 0 unspecified atom stereocenters. The summed E-state index contributed by atoms with van der Waals surface area (Å²) in [5.41, 5.74) is 3.66. The molecular weight excluding hydrogens is 460 g/mol. The van der Waals surface area contributed by atoms with Gasteiger partial charge < -0.3 is 14.6 Å². The first-order valence-electron chi connectivity index (χ1n) is 13.7. The van der Waals surface area contributed by atoms with E-state index in [9.17, 15) is 9.90 Å². The van der Waals surface area contributed by atoms with E-state index in [-0.39, 0.29) is 12.2 Å². The lowest BCUT2D eigenvalue weighted by Crippen LogP contribution is -2.14. The van der Waals surface area contributed by atoms with Crippen LogP contribution in [0.3, 0.4) is 0 Å². The van der Waals surface area contributed by atoms with Gasteiger partial charge in [0.05, 0.1) is 19.8 Å². The van der Waals surface area contributed by atoms with Crippen LogP contribution in [0.1, 0.15) is 68.1 Å². The SMILES string of the molecule is COc1ccc(CCC(=O)C[C@@H](O)CCCCCCCc2ccccc2)cc1OCCc1ccccc1. The Labute approximate surface area is 222 Å². The zero-order valence-corrected chi connectivity index (χ0v) is 22.2. The van der Waals surface area contributed by atoms with Gasteiger partial charge in [-0.25, -0.2) is 0 Å². The number of aliphatic hydroxyl groups excluding tert-OH is 1. The van der Waals surface area contributed by atoms with Crippen molar-refractivity contribution in [2.24, 2.45) is 0 Å². The Morgan fingerprint density at radius 3 is 2.08 bits per heavy atom. The Kier molecular flexibility index (Phi) is 12.8.